The number of para-hydroxylation sites is 2. The molecule has 0 unspecified atom stereocenters. The molecule has 0 amide bonds. The second-order valence-electron chi connectivity index (χ2n) is 12.1. The highest BCUT2D eigenvalue weighted by molar-refractivity contribution is 6.79. The number of nitrogens with zero attached hydrogens (tertiary/aromatic N) is 2. The summed E-state index contributed by atoms with van der Waals surface area (Å²) in [5, 5.41) is 1.98. The zero-order chi connectivity index (χ0) is 35.8. The van der Waals surface area contributed by atoms with Crippen LogP contribution in [0.4, 0.5) is 34.1 Å². The van der Waals surface area contributed by atoms with E-state index in [1.807, 2.05) is 24.3 Å². The summed E-state index contributed by atoms with van der Waals surface area (Å²) in [4.78, 5) is 4.50. The fourth-order valence-corrected chi connectivity index (χ4v) is 9.50. The first-order valence-electron chi connectivity index (χ1n) is 16.8. The fraction of sp³-hybridized carbons (Fsp3) is 0.143. The molecule has 0 fully saturated rings. The van der Waals surface area contributed by atoms with Crippen molar-refractivity contribution in [2.24, 2.45) is 0 Å². The van der Waals surface area contributed by atoms with Crippen molar-refractivity contribution in [3.63, 3.8) is 0 Å². The molecule has 0 aliphatic heterocycles. The van der Waals surface area contributed by atoms with Gasteiger partial charge in [0.05, 0.1) is 0 Å². The van der Waals surface area contributed by atoms with Crippen LogP contribution in [0.1, 0.15) is 0 Å². The summed E-state index contributed by atoms with van der Waals surface area (Å²) >= 11 is 0. The van der Waals surface area contributed by atoms with E-state index < -0.39 is 17.4 Å². The van der Waals surface area contributed by atoms with Gasteiger partial charge < -0.3 is 31.9 Å². The van der Waals surface area contributed by atoms with E-state index in [1.165, 1.54) is 0 Å². The standard InChI is InChI=1S/C42H44N2O5Si2/c1-45-50(6,46-2)41-29-25-39(26-30-41)43(35-13-9-7-10-14-35)37-21-17-33(18-22-37)34-19-23-38(24-20-34)44(36-15-11-8-12-16-36)40-27-31-42(32-28-40)51(47-3,48-4)49-5/h7-32H,1-6H3. The van der Waals surface area contributed by atoms with E-state index in [0.717, 1.165) is 55.6 Å². The lowest BCUT2D eigenvalue weighted by atomic mass is 10.0. The van der Waals surface area contributed by atoms with E-state index in [4.69, 9.17) is 22.1 Å². The first-order chi connectivity index (χ1) is 24.9. The van der Waals surface area contributed by atoms with Crippen LogP contribution in [-0.4, -0.2) is 52.9 Å². The molecule has 0 N–H and O–H groups in total. The SMILES string of the molecule is CO[Si](C)(OC)c1ccc(N(c2ccccc2)c2ccc(-c3ccc(N(c4ccccc4)c4ccc([Si](OC)(OC)OC)cc4)cc3)cc2)cc1. The van der Waals surface area contributed by atoms with E-state index in [-0.39, 0.29) is 0 Å². The minimum atomic E-state index is -2.95. The van der Waals surface area contributed by atoms with Gasteiger partial charge in [0, 0.05) is 74.9 Å². The first kappa shape index (κ1) is 36.0. The largest absolute Gasteiger partial charge is 0.536 e. The number of hydrogen-bond donors (Lipinski definition) is 0. The Labute approximate surface area is 303 Å². The lowest BCUT2D eigenvalue weighted by molar-refractivity contribution is 0.140. The summed E-state index contributed by atoms with van der Waals surface area (Å²) in [6.45, 7) is 2.05. The maximum atomic E-state index is 5.78. The third-order valence-electron chi connectivity index (χ3n) is 9.33. The monoisotopic (exact) mass is 712 g/mol. The Hall–Kier alpha value is -4.85. The summed E-state index contributed by atoms with van der Waals surface area (Å²) in [7, 11) is 2.92. The number of benzene rings is 6. The van der Waals surface area contributed by atoms with Gasteiger partial charge in [-0.1, -0.05) is 84.9 Å². The summed E-state index contributed by atoms with van der Waals surface area (Å²) in [6.07, 6.45) is 0. The van der Waals surface area contributed by atoms with Gasteiger partial charge in [0.25, 0.3) is 0 Å². The smallest absolute Gasteiger partial charge is 0.394 e. The molecule has 7 nitrogen and oxygen atoms in total. The zero-order valence-corrected chi connectivity index (χ0v) is 31.9. The van der Waals surface area contributed by atoms with Gasteiger partial charge in [-0.05, 0) is 95.7 Å². The molecule has 9 heteroatoms. The van der Waals surface area contributed by atoms with Gasteiger partial charge in [0.15, 0.2) is 0 Å². The molecule has 6 aromatic carbocycles. The molecule has 0 bridgehead atoms. The fourth-order valence-electron chi connectivity index (χ4n) is 6.30. The Bertz CT molecular complexity index is 1960. The molecular weight excluding hydrogens is 669 g/mol. The molecule has 0 saturated heterocycles. The highest BCUT2D eigenvalue weighted by atomic mass is 28.4. The Balaban J connectivity index is 1.29. The van der Waals surface area contributed by atoms with Crippen LogP contribution >= 0.6 is 0 Å². The second-order valence-corrected chi connectivity index (χ2v) is 18.3. The average Bonchev–Trinajstić information content (AvgIpc) is 3.21. The third kappa shape index (κ3) is 7.46. The second kappa shape index (κ2) is 16.0. The molecular formula is C42H44N2O5Si2. The van der Waals surface area contributed by atoms with E-state index in [9.17, 15) is 0 Å². The van der Waals surface area contributed by atoms with Gasteiger partial charge in [-0.3, -0.25) is 0 Å². The van der Waals surface area contributed by atoms with Crippen molar-refractivity contribution < 1.29 is 22.1 Å². The van der Waals surface area contributed by atoms with Gasteiger partial charge >= 0.3 is 17.4 Å². The van der Waals surface area contributed by atoms with Crippen molar-refractivity contribution >= 4 is 61.9 Å². The van der Waals surface area contributed by atoms with Crippen molar-refractivity contribution in [2.45, 2.75) is 6.55 Å². The van der Waals surface area contributed by atoms with Gasteiger partial charge in [-0.2, -0.15) is 0 Å². The van der Waals surface area contributed by atoms with Gasteiger partial charge in [0.1, 0.15) is 0 Å². The van der Waals surface area contributed by atoms with Crippen LogP contribution in [0.15, 0.2) is 158 Å². The Kier molecular flexibility index (Phi) is 11.3. The van der Waals surface area contributed by atoms with Crippen molar-refractivity contribution in [1.29, 1.82) is 0 Å². The molecule has 51 heavy (non-hydrogen) atoms. The van der Waals surface area contributed by atoms with E-state index in [0.29, 0.717) is 0 Å². The molecule has 6 rings (SSSR count). The van der Waals surface area contributed by atoms with Crippen LogP contribution in [-0.2, 0) is 22.1 Å². The molecule has 0 atom stereocenters. The first-order valence-corrected chi connectivity index (χ1v) is 20.8. The molecule has 0 saturated carbocycles. The number of rotatable bonds is 14. The third-order valence-corrected chi connectivity index (χ3v) is 14.9. The van der Waals surface area contributed by atoms with Crippen LogP contribution in [0, 0.1) is 0 Å². The Morgan fingerprint density at radius 3 is 0.941 bits per heavy atom. The minimum absolute atomic E-state index is 0.898. The molecule has 6 aromatic rings. The van der Waals surface area contributed by atoms with Crippen molar-refractivity contribution in [2.75, 3.05) is 45.3 Å². The molecule has 0 aromatic heterocycles. The number of hydrogen-bond acceptors (Lipinski definition) is 7. The molecule has 0 heterocycles. The van der Waals surface area contributed by atoms with Crippen LogP contribution in [0.5, 0.6) is 0 Å². The van der Waals surface area contributed by atoms with E-state index in [2.05, 4.69) is 150 Å². The van der Waals surface area contributed by atoms with Crippen LogP contribution in [0.2, 0.25) is 6.55 Å². The van der Waals surface area contributed by atoms with Crippen molar-refractivity contribution in [1.82, 2.24) is 0 Å². The average molecular weight is 713 g/mol. The predicted octanol–water partition coefficient (Wildman–Crippen LogP) is 8.95. The molecule has 0 aliphatic carbocycles. The lowest BCUT2D eigenvalue weighted by Gasteiger charge is -2.28. The summed E-state index contributed by atoms with van der Waals surface area (Å²) < 4.78 is 28.7. The molecule has 0 radical (unpaired) electrons. The Morgan fingerprint density at radius 2 is 0.627 bits per heavy atom. The topological polar surface area (TPSA) is 52.6 Å². The maximum Gasteiger partial charge on any atom is 0.536 e. The van der Waals surface area contributed by atoms with Gasteiger partial charge in [-0.25, -0.2) is 0 Å². The van der Waals surface area contributed by atoms with E-state index in [1.54, 1.807) is 35.5 Å². The van der Waals surface area contributed by atoms with Crippen molar-refractivity contribution in [3.8, 4) is 11.1 Å². The maximum absolute atomic E-state index is 5.78. The van der Waals surface area contributed by atoms with Gasteiger partial charge in [-0.15, -0.1) is 0 Å². The highest BCUT2D eigenvalue weighted by Crippen LogP contribution is 2.37. The summed E-state index contributed by atoms with van der Waals surface area (Å²) in [5.41, 5.74) is 8.57. The summed E-state index contributed by atoms with van der Waals surface area (Å²) in [6, 6.07) is 54.9. The highest BCUT2D eigenvalue weighted by Gasteiger charge is 2.40. The van der Waals surface area contributed by atoms with Crippen LogP contribution in [0.25, 0.3) is 11.1 Å². The van der Waals surface area contributed by atoms with Crippen LogP contribution in [0.3, 0.4) is 0 Å². The molecule has 260 valence electrons. The lowest BCUT2D eigenvalue weighted by Crippen LogP contribution is -2.54. The Morgan fingerprint density at radius 1 is 0.333 bits per heavy atom. The normalized spacial score (nSPS) is 11.7. The van der Waals surface area contributed by atoms with Crippen LogP contribution < -0.4 is 20.2 Å². The minimum Gasteiger partial charge on any atom is -0.394 e. The van der Waals surface area contributed by atoms with Crippen molar-refractivity contribution in [3.05, 3.63) is 158 Å². The molecule has 0 aliphatic rings. The van der Waals surface area contributed by atoms with E-state index >= 15 is 0 Å². The van der Waals surface area contributed by atoms with Gasteiger partial charge in [0.2, 0.25) is 0 Å². The molecule has 0 spiro atoms. The summed E-state index contributed by atoms with van der Waals surface area (Å²) in [5.74, 6) is 0. The predicted molar refractivity (Wildman–Crippen MR) is 213 cm³/mol. The number of anilines is 6. The zero-order valence-electron chi connectivity index (χ0n) is 29.9. The quantitative estimate of drug-likeness (QED) is 0.105.